The molecule has 0 aliphatic carbocycles. The summed E-state index contributed by atoms with van der Waals surface area (Å²) in [5.41, 5.74) is 0.139. The van der Waals surface area contributed by atoms with E-state index in [-0.39, 0.29) is 11.4 Å². The summed E-state index contributed by atoms with van der Waals surface area (Å²) in [5, 5.41) is 0. The molecule has 70 valence electrons. The predicted octanol–water partition coefficient (Wildman–Crippen LogP) is 1.37. The molecular formula is C9H16O3. The van der Waals surface area contributed by atoms with Crippen LogP contribution in [0.2, 0.25) is 0 Å². The molecule has 12 heavy (non-hydrogen) atoms. The minimum atomic E-state index is -0.197. The first-order chi connectivity index (χ1) is 5.68. The topological polar surface area (TPSA) is 35.5 Å². The van der Waals surface area contributed by atoms with E-state index in [1.54, 1.807) is 0 Å². The summed E-state index contributed by atoms with van der Waals surface area (Å²) in [7, 11) is 0. The maximum atomic E-state index is 10.6. The van der Waals surface area contributed by atoms with Crippen LogP contribution in [0.15, 0.2) is 0 Å². The van der Waals surface area contributed by atoms with Gasteiger partial charge < -0.3 is 9.47 Å². The van der Waals surface area contributed by atoms with E-state index in [1.165, 1.54) is 6.92 Å². The quantitative estimate of drug-likeness (QED) is 0.601. The molecule has 1 heterocycles. The second-order valence-electron chi connectivity index (χ2n) is 3.52. The Morgan fingerprint density at radius 3 is 2.58 bits per heavy atom. The first-order valence-electron chi connectivity index (χ1n) is 4.40. The standard InChI is InChI=1S/C9H16O3/c1-3-4-9(5-11-6-9)7-12-8(2)10/h3-7H2,1-2H3. The minimum absolute atomic E-state index is 0.139. The third kappa shape index (κ3) is 2.21. The van der Waals surface area contributed by atoms with Gasteiger partial charge in [-0.15, -0.1) is 0 Å². The Balaban J connectivity index is 2.29. The number of rotatable bonds is 4. The highest BCUT2D eigenvalue weighted by molar-refractivity contribution is 5.65. The maximum absolute atomic E-state index is 10.6. The zero-order chi connectivity index (χ0) is 9.03. The van der Waals surface area contributed by atoms with Crippen molar-refractivity contribution in [2.24, 2.45) is 5.41 Å². The Morgan fingerprint density at radius 2 is 2.25 bits per heavy atom. The van der Waals surface area contributed by atoms with E-state index in [2.05, 4.69) is 6.92 Å². The highest BCUT2D eigenvalue weighted by Gasteiger charge is 2.38. The Bertz CT molecular complexity index is 161. The Morgan fingerprint density at radius 1 is 1.58 bits per heavy atom. The van der Waals surface area contributed by atoms with Gasteiger partial charge in [-0.3, -0.25) is 4.79 Å². The van der Waals surface area contributed by atoms with Gasteiger partial charge in [0.1, 0.15) is 6.61 Å². The van der Waals surface area contributed by atoms with Gasteiger partial charge >= 0.3 is 5.97 Å². The lowest BCUT2D eigenvalue weighted by molar-refractivity contribution is -0.169. The molecule has 1 aliphatic heterocycles. The van der Waals surface area contributed by atoms with Crippen molar-refractivity contribution in [2.45, 2.75) is 26.7 Å². The zero-order valence-electron chi connectivity index (χ0n) is 7.76. The molecule has 0 bridgehead atoms. The van der Waals surface area contributed by atoms with E-state index < -0.39 is 0 Å². The fourth-order valence-electron chi connectivity index (χ4n) is 1.48. The van der Waals surface area contributed by atoms with E-state index >= 15 is 0 Å². The third-order valence-corrected chi connectivity index (χ3v) is 2.18. The Labute approximate surface area is 73.0 Å². The number of carbonyl (C=O) groups is 1. The smallest absolute Gasteiger partial charge is 0.302 e. The molecule has 1 aliphatic rings. The van der Waals surface area contributed by atoms with Gasteiger partial charge in [-0.2, -0.15) is 0 Å². The van der Waals surface area contributed by atoms with Gasteiger partial charge in [-0.05, 0) is 6.42 Å². The van der Waals surface area contributed by atoms with Gasteiger partial charge in [0.05, 0.1) is 18.6 Å². The summed E-state index contributed by atoms with van der Waals surface area (Å²) >= 11 is 0. The van der Waals surface area contributed by atoms with Crippen LogP contribution in [0.3, 0.4) is 0 Å². The predicted molar refractivity (Wildman–Crippen MR) is 44.8 cm³/mol. The molecule has 1 saturated heterocycles. The Hall–Kier alpha value is -0.570. The van der Waals surface area contributed by atoms with Crippen molar-refractivity contribution < 1.29 is 14.3 Å². The lowest BCUT2D eigenvalue weighted by Crippen LogP contribution is -2.46. The van der Waals surface area contributed by atoms with E-state index in [9.17, 15) is 4.79 Å². The average molecular weight is 172 g/mol. The molecule has 0 amide bonds. The fraction of sp³-hybridized carbons (Fsp3) is 0.889. The van der Waals surface area contributed by atoms with Crippen molar-refractivity contribution >= 4 is 5.97 Å². The molecule has 0 radical (unpaired) electrons. The summed E-state index contributed by atoms with van der Waals surface area (Å²) < 4.78 is 10.1. The molecule has 0 aromatic heterocycles. The average Bonchev–Trinajstić information content (AvgIpc) is 1.94. The molecule has 0 aromatic rings. The van der Waals surface area contributed by atoms with Crippen molar-refractivity contribution in [1.29, 1.82) is 0 Å². The van der Waals surface area contributed by atoms with Crippen LogP contribution in [0.5, 0.6) is 0 Å². The number of carbonyl (C=O) groups excluding carboxylic acids is 1. The van der Waals surface area contributed by atoms with Crippen molar-refractivity contribution in [1.82, 2.24) is 0 Å². The highest BCUT2D eigenvalue weighted by atomic mass is 16.5. The number of ether oxygens (including phenoxy) is 2. The maximum Gasteiger partial charge on any atom is 0.302 e. The van der Waals surface area contributed by atoms with Gasteiger partial charge in [-0.1, -0.05) is 13.3 Å². The van der Waals surface area contributed by atoms with Crippen LogP contribution in [0.4, 0.5) is 0 Å². The van der Waals surface area contributed by atoms with E-state index in [0.717, 1.165) is 26.1 Å². The third-order valence-electron chi connectivity index (χ3n) is 2.18. The molecule has 0 saturated carbocycles. The van der Waals surface area contributed by atoms with E-state index in [4.69, 9.17) is 9.47 Å². The van der Waals surface area contributed by atoms with Crippen LogP contribution in [0, 0.1) is 5.41 Å². The Kier molecular flexibility index (Phi) is 3.09. The molecular weight excluding hydrogens is 156 g/mol. The molecule has 3 heteroatoms. The van der Waals surface area contributed by atoms with Gasteiger partial charge in [-0.25, -0.2) is 0 Å². The van der Waals surface area contributed by atoms with Gasteiger partial charge in [0, 0.05) is 6.92 Å². The van der Waals surface area contributed by atoms with E-state index in [0.29, 0.717) is 6.61 Å². The number of hydrogen-bond acceptors (Lipinski definition) is 3. The van der Waals surface area contributed by atoms with Crippen molar-refractivity contribution in [2.75, 3.05) is 19.8 Å². The summed E-state index contributed by atoms with van der Waals surface area (Å²) in [5.74, 6) is -0.197. The van der Waals surface area contributed by atoms with Gasteiger partial charge in [0.2, 0.25) is 0 Å². The van der Waals surface area contributed by atoms with Crippen LogP contribution in [-0.4, -0.2) is 25.8 Å². The van der Waals surface area contributed by atoms with Crippen LogP contribution < -0.4 is 0 Å². The van der Waals surface area contributed by atoms with Crippen LogP contribution in [0.1, 0.15) is 26.7 Å². The molecule has 1 fully saturated rings. The molecule has 0 aromatic carbocycles. The largest absolute Gasteiger partial charge is 0.465 e. The summed E-state index contributed by atoms with van der Waals surface area (Å²) in [6, 6.07) is 0. The summed E-state index contributed by atoms with van der Waals surface area (Å²) in [4.78, 5) is 10.6. The normalized spacial score (nSPS) is 19.8. The van der Waals surface area contributed by atoms with Gasteiger partial charge in [0.15, 0.2) is 0 Å². The van der Waals surface area contributed by atoms with Crippen molar-refractivity contribution in [3.63, 3.8) is 0 Å². The first kappa shape index (κ1) is 9.52. The summed E-state index contributed by atoms with van der Waals surface area (Å²) in [6.45, 7) is 5.59. The molecule has 0 spiro atoms. The first-order valence-corrected chi connectivity index (χ1v) is 4.40. The van der Waals surface area contributed by atoms with Gasteiger partial charge in [0.25, 0.3) is 0 Å². The highest BCUT2D eigenvalue weighted by Crippen LogP contribution is 2.32. The monoisotopic (exact) mass is 172 g/mol. The van der Waals surface area contributed by atoms with Crippen LogP contribution >= 0.6 is 0 Å². The van der Waals surface area contributed by atoms with E-state index in [1.807, 2.05) is 0 Å². The fourth-order valence-corrected chi connectivity index (χ4v) is 1.48. The SMILES string of the molecule is CCCC1(COC(C)=O)COC1. The number of esters is 1. The molecule has 0 unspecified atom stereocenters. The lowest BCUT2D eigenvalue weighted by atomic mass is 9.82. The molecule has 3 nitrogen and oxygen atoms in total. The van der Waals surface area contributed by atoms with Crippen LogP contribution in [0.25, 0.3) is 0 Å². The number of hydrogen-bond donors (Lipinski definition) is 0. The molecule has 0 N–H and O–H groups in total. The van der Waals surface area contributed by atoms with Crippen molar-refractivity contribution in [3.8, 4) is 0 Å². The minimum Gasteiger partial charge on any atom is -0.465 e. The second kappa shape index (κ2) is 3.90. The van der Waals surface area contributed by atoms with Crippen LogP contribution in [-0.2, 0) is 14.3 Å². The zero-order valence-corrected chi connectivity index (χ0v) is 7.76. The van der Waals surface area contributed by atoms with Crippen molar-refractivity contribution in [3.05, 3.63) is 0 Å². The molecule has 1 rings (SSSR count). The molecule has 0 atom stereocenters. The lowest BCUT2D eigenvalue weighted by Gasteiger charge is -2.40. The summed E-state index contributed by atoms with van der Waals surface area (Å²) in [6.07, 6.45) is 2.20. The second-order valence-corrected chi connectivity index (χ2v) is 3.52.